The Morgan fingerprint density at radius 1 is 0.947 bits per heavy atom. The summed E-state index contributed by atoms with van der Waals surface area (Å²) in [6.07, 6.45) is -4.38. The van der Waals surface area contributed by atoms with Gasteiger partial charge in [-0.25, -0.2) is 4.98 Å². The fourth-order valence-corrected chi connectivity index (χ4v) is 1.81. The zero-order chi connectivity index (χ0) is 13.5. The molecular weight excluding hydrogens is 255 g/mol. The van der Waals surface area contributed by atoms with E-state index in [1.165, 1.54) is 6.07 Å². The molecular formula is C14H8F3NO. The van der Waals surface area contributed by atoms with Crippen LogP contribution in [0.3, 0.4) is 0 Å². The molecule has 5 heteroatoms. The standard InChI is InChI=1S/C14H8F3NO/c15-14(16,17)10-6-7-11-12(8-10)19-13(18-11)9-4-2-1-3-5-9/h1-8H. The van der Waals surface area contributed by atoms with Gasteiger partial charge >= 0.3 is 6.18 Å². The average molecular weight is 263 g/mol. The van der Waals surface area contributed by atoms with E-state index in [9.17, 15) is 13.2 Å². The molecule has 0 N–H and O–H groups in total. The highest BCUT2D eigenvalue weighted by Gasteiger charge is 2.31. The molecule has 96 valence electrons. The van der Waals surface area contributed by atoms with Crippen molar-refractivity contribution in [2.45, 2.75) is 6.18 Å². The molecule has 0 atom stereocenters. The summed E-state index contributed by atoms with van der Waals surface area (Å²) in [7, 11) is 0. The molecule has 0 aliphatic carbocycles. The van der Waals surface area contributed by atoms with Crippen molar-refractivity contribution < 1.29 is 17.6 Å². The van der Waals surface area contributed by atoms with E-state index < -0.39 is 11.7 Å². The monoisotopic (exact) mass is 263 g/mol. The first-order valence-electron chi connectivity index (χ1n) is 5.57. The largest absolute Gasteiger partial charge is 0.436 e. The summed E-state index contributed by atoms with van der Waals surface area (Å²) < 4.78 is 43.1. The lowest BCUT2D eigenvalue weighted by atomic mass is 10.2. The highest BCUT2D eigenvalue weighted by atomic mass is 19.4. The molecule has 1 heterocycles. The van der Waals surface area contributed by atoms with Crippen molar-refractivity contribution in [3.05, 3.63) is 54.1 Å². The van der Waals surface area contributed by atoms with Crippen LogP contribution in [0.4, 0.5) is 13.2 Å². The third kappa shape index (κ3) is 2.19. The SMILES string of the molecule is FC(F)(F)c1ccc2nc(-c3ccccc3)oc2c1. The molecule has 2 aromatic carbocycles. The van der Waals surface area contributed by atoms with Crippen molar-refractivity contribution in [1.82, 2.24) is 4.98 Å². The summed E-state index contributed by atoms with van der Waals surface area (Å²) in [5.41, 5.74) is 0.531. The molecule has 0 saturated heterocycles. The summed E-state index contributed by atoms with van der Waals surface area (Å²) in [4.78, 5) is 4.17. The molecule has 0 aliphatic rings. The van der Waals surface area contributed by atoms with E-state index in [4.69, 9.17) is 4.42 Å². The Bertz CT molecular complexity index is 716. The summed E-state index contributed by atoms with van der Waals surface area (Å²) in [5.74, 6) is 0.315. The quantitative estimate of drug-likeness (QED) is 0.645. The maximum absolute atomic E-state index is 12.6. The van der Waals surface area contributed by atoms with Gasteiger partial charge < -0.3 is 4.42 Å². The van der Waals surface area contributed by atoms with Gasteiger partial charge in [-0.1, -0.05) is 18.2 Å². The second-order valence-electron chi connectivity index (χ2n) is 4.07. The normalized spacial score (nSPS) is 11.9. The van der Waals surface area contributed by atoms with Crippen LogP contribution in [0.25, 0.3) is 22.6 Å². The number of alkyl halides is 3. The minimum atomic E-state index is -4.38. The number of fused-ring (bicyclic) bond motifs is 1. The number of aromatic nitrogens is 1. The van der Waals surface area contributed by atoms with Gasteiger partial charge in [-0.2, -0.15) is 13.2 Å². The maximum atomic E-state index is 12.6. The Morgan fingerprint density at radius 2 is 1.68 bits per heavy atom. The van der Waals surface area contributed by atoms with Crippen molar-refractivity contribution in [3.63, 3.8) is 0 Å². The molecule has 0 fully saturated rings. The van der Waals surface area contributed by atoms with Crippen LogP contribution < -0.4 is 0 Å². The van der Waals surface area contributed by atoms with Crippen LogP contribution in [-0.2, 0) is 6.18 Å². The Labute approximate surface area is 106 Å². The number of nitrogens with zero attached hydrogens (tertiary/aromatic N) is 1. The minimum absolute atomic E-state index is 0.133. The Balaban J connectivity index is 2.12. The van der Waals surface area contributed by atoms with E-state index >= 15 is 0 Å². The zero-order valence-electron chi connectivity index (χ0n) is 9.61. The van der Waals surface area contributed by atoms with E-state index in [0.29, 0.717) is 11.4 Å². The van der Waals surface area contributed by atoms with Crippen LogP contribution >= 0.6 is 0 Å². The van der Waals surface area contributed by atoms with Crippen LogP contribution in [0.1, 0.15) is 5.56 Å². The van der Waals surface area contributed by atoms with Gasteiger partial charge in [0.1, 0.15) is 5.52 Å². The zero-order valence-corrected chi connectivity index (χ0v) is 9.61. The van der Waals surface area contributed by atoms with E-state index in [-0.39, 0.29) is 5.58 Å². The number of benzene rings is 2. The lowest BCUT2D eigenvalue weighted by Crippen LogP contribution is -2.03. The first-order valence-corrected chi connectivity index (χ1v) is 5.57. The predicted octanol–water partition coefficient (Wildman–Crippen LogP) is 4.51. The Morgan fingerprint density at radius 3 is 2.37 bits per heavy atom. The van der Waals surface area contributed by atoms with Crippen molar-refractivity contribution in [2.24, 2.45) is 0 Å². The number of halogens is 3. The van der Waals surface area contributed by atoms with Gasteiger partial charge in [0, 0.05) is 5.56 Å². The summed E-state index contributed by atoms with van der Waals surface area (Å²) in [6.45, 7) is 0. The molecule has 1 aromatic heterocycles. The molecule has 3 rings (SSSR count). The average Bonchev–Trinajstić information content (AvgIpc) is 2.81. The molecule has 0 amide bonds. The maximum Gasteiger partial charge on any atom is 0.416 e. The highest BCUT2D eigenvalue weighted by Crippen LogP contribution is 2.32. The molecule has 0 unspecified atom stereocenters. The summed E-state index contributed by atoms with van der Waals surface area (Å²) in [5, 5.41) is 0. The molecule has 0 aliphatic heterocycles. The van der Waals surface area contributed by atoms with E-state index in [2.05, 4.69) is 4.98 Å². The van der Waals surface area contributed by atoms with Gasteiger partial charge in [-0.05, 0) is 30.3 Å². The Hall–Kier alpha value is -2.30. The van der Waals surface area contributed by atoms with E-state index in [1.54, 1.807) is 12.1 Å². The lowest BCUT2D eigenvalue weighted by Gasteiger charge is -2.04. The predicted molar refractivity (Wildman–Crippen MR) is 64.4 cm³/mol. The van der Waals surface area contributed by atoms with Crippen molar-refractivity contribution >= 4 is 11.1 Å². The second-order valence-corrected chi connectivity index (χ2v) is 4.07. The van der Waals surface area contributed by atoms with Crippen LogP contribution in [0.15, 0.2) is 52.9 Å². The first kappa shape index (κ1) is 11.8. The number of hydrogen-bond acceptors (Lipinski definition) is 2. The number of hydrogen-bond donors (Lipinski definition) is 0. The highest BCUT2D eigenvalue weighted by molar-refractivity contribution is 5.77. The third-order valence-corrected chi connectivity index (χ3v) is 2.74. The van der Waals surface area contributed by atoms with Gasteiger partial charge in [-0.3, -0.25) is 0 Å². The van der Waals surface area contributed by atoms with Gasteiger partial charge in [0.25, 0.3) is 0 Å². The molecule has 0 bridgehead atoms. The van der Waals surface area contributed by atoms with Crippen LogP contribution in [0, 0.1) is 0 Å². The van der Waals surface area contributed by atoms with Crippen LogP contribution in [0.5, 0.6) is 0 Å². The van der Waals surface area contributed by atoms with Gasteiger partial charge in [0.05, 0.1) is 5.56 Å². The first-order chi connectivity index (χ1) is 9.04. The number of oxazole rings is 1. The fourth-order valence-electron chi connectivity index (χ4n) is 1.81. The van der Waals surface area contributed by atoms with E-state index in [1.807, 2.05) is 18.2 Å². The summed E-state index contributed by atoms with van der Waals surface area (Å²) >= 11 is 0. The van der Waals surface area contributed by atoms with E-state index in [0.717, 1.165) is 17.7 Å². The number of rotatable bonds is 1. The lowest BCUT2D eigenvalue weighted by molar-refractivity contribution is -0.137. The van der Waals surface area contributed by atoms with Crippen LogP contribution in [0.2, 0.25) is 0 Å². The van der Waals surface area contributed by atoms with Crippen molar-refractivity contribution in [2.75, 3.05) is 0 Å². The molecule has 3 aromatic rings. The Kier molecular flexibility index (Phi) is 2.55. The van der Waals surface area contributed by atoms with Crippen LogP contribution in [-0.4, -0.2) is 4.98 Å². The van der Waals surface area contributed by atoms with Gasteiger partial charge in [0.15, 0.2) is 5.58 Å². The minimum Gasteiger partial charge on any atom is -0.436 e. The smallest absolute Gasteiger partial charge is 0.416 e. The molecule has 0 radical (unpaired) electrons. The molecule has 0 saturated carbocycles. The third-order valence-electron chi connectivity index (χ3n) is 2.74. The molecule has 2 nitrogen and oxygen atoms in total. The summed E-state index contributed by atoms with van der Waals surface area (Å²) in [6, 6.07) is 12.3. The second kappa shape index (κ2) is 4.12. The van der Waals surface area contributed by atoms with Crippen molar-refractivity contribution in [1.29, 1.82) is 0 Å². The van der Waals surface area contributed by atoms with Gasteiger partial charge in [-0.15, -0.1) is 0 Å². The topological polar surface area (TPSA) is 26.0 Å². The van der Waals surface area contributed by atoms with Crippen molar-refractivity contribution in [3.8, 4) is 11.5 Å². The molecule has 19 heavy (non-hydrogen) atoms. The fraction of sp³-hybridized carbons (Fsp3) is 0.0714. The molecule has 0 spiro atoms. The van der Waals surface area contributed by atoms with Gasteiger partial charge in [0.2, 0.25) is 5.89 Å².